The number of hydrogen-bond acceptors (Lipinski definition) is 4. The van der Waals surface area contributed by atoms with Gasteiger partial charge < -0.3 is 0 Å². The zero-order valence-corrected chi connectivity index (χ0v) is 10.3. The number of rotatable bonds is 3. The zero-order chi connectivity index (χ0) is 10.8. The minimum Gasteiger partial charge on any atom is -0.236 e. The summed E-state index contributed by atoms with van der Waals surface area (Å²) in [7, 11) is 0. The Labute approximate surface area is 97.5 Å². The van der Waals surface area contributed by atoms with E-state index in [2.05, 4.69) is 28.8 Å². The molecule has 2 heterocycles. The number of aromatic nitrogens is 3. The van der Waals surface area contributed by atoms with Crippen molar-refractivity contribution in [3.05, 3.63) is 16.5 Å². The fraction of sp³-hybridized carbons (Fsp3) is 0.500. The van der Waals surface area contributed by atoms with Gasteiger partial charge in [-0.05, 0) is 5.92 Å². The average molecular weight is 242 g/mol. The van der Waals surface area contributed by atoms with E-state index in [0.717, 1.165) is 28.2 Å². The lowest BCUT2D eigenvalue weighted by molar-refractivity contribution is 0.559. The third kappa shape index (κ3) is 2.26. The second-order valence-electron chi connectivity index (χ2n) is 3.64. The van der Waals surface area contributed by atoms with Gasteiger partial charge in [0.1, 0.15) is 16.7 Å². The first kappa shape index (κ1) is 10.8. The highest BCUT2D eigenvalue weighted by atomic mass is 35.5. The molecule has 0 spiro atoms. The molecule has 2 aromatic heterocycles. The minimum absolute atomic E-state index is 0.451. The molecule has 0 fully saturated rings. The fourth-order valence-electron chi connectivity index (χ4n) is 1.30. The average Bonchev–Trinajstić information content (AvgIpc) is 2.62. The Morgan fingerprint density at radius 3 is 2.93 bits per heavy atom. The molecule has 15 heavy (non-hydrogen) atoms. The molecule has 0 saturated carbocycles. The van der Waals surface area contributed by atoms with Crippen LogP contribution >= 0.6 is 22.9 Å². The van der Waals surface area contributed by atoms with Crippen LogP contribution in [0.5, 0.6) is 0 Å². The SMILES string of the molecule is CCC(C)Cc1nc2c(Cl)ncnc2s1. The van der Waals surface area contributed by atoms with Crippen LogP contribution in [0.1, 0.15) is 25.3 Å². The predicted octanol–water partition coefficient (Wildman–Crippen LogP) is 3.33. The molecule has 0 aromatic carbocycles. The van der Waals surface area contributed by atoms with Gasteiger partial charge >= 0.3 is 0 Å². The summed E-state index contributed by atoms with van der Waals surface area (Å²) in [6, 6.07) is 0. The van der Waals surface area contributed by atoms with Gasteiger partial charge in [0, 0.05) is 6.42 Å². The molecule has 3 nitrogen and oxygen atoms in total. The fourth-order valence-corrected chi connectivity index (χ4v) is 2.60. The molecule has 0 amide bonds. The molecular formula is C10H12ClN3S. The molecule has 0 aliphatic carbocycles. The highest BCUT2D eigenvalue weighted by Gasteiger charge is 2.10. The second kappa shape index (κ2) is 4.41. The molecule has 2 rings (SSSR count). The van der Waals surface area contributed by atoms with E-state index < -0.39 is 0 Å². The van der Waals surface area contributed by atoms with Crippen molar-refractivity contribution in [2.24, 2.45) is 5.92 Å². The zero-order valence-electron chi connectivity index (χ0n) is 8.70. The smallest absolute Gasteiger partial charge is 0.159 e. The summed E-state index contributed by atoms with van der Waals surface area (Å²) < 4.78 is 0. The van der Waals surface area contributed by atoms with E-state index >= 15 is 0 Å². The van der Waals surface area contributed by atoms with Crippen molar-refractivity contribution >= 4 is 33.3 Å². The number of hydrogen-bond donors (Lipinski definition) is 0. The van der Waals surface area contributed by atoms with Crippen molar-refractivity contribution in [2.45, 2.75) is 26.7 Å². The standard InChI is InChI=1S/C10H12ClN3S/c1-3-6(2)4-7-14-8-9(11)12-5-13-10(8)15-7/h5-6H,3-4H2,1-2H3. The predicted molar refractivity (Wildman–Crippen MR) is 63.4 cm³/mol. The summed E-state index contributed by atoms with van der Waals surface area (Å²) >= 11 is 7.54. The van der Waals surface area contributed by atoms with Crippen LogP contribution in [0.2, 0.25) is 5.15 Å². The van der Waals surface area contributed by atoms with Crippen LogP contribution in [-0.2, 0) is 6.42 Å². The minimum atomic E-state index is 0.451. The lowest BCUT2D eigenvalue weighted by Crippen LogP contribution is -1.96. The van der Waals surface area contributed by atoms with E-state index in [1.54, 1.807) is 11.3 Å². The maximum absolute atomic E-state index is 5.93. The first-order valence-corrected chi connectivity index (χ1v) is 6.16. The second-order valence-corrected chi connectivity index (χ2v) is 5.06. The summed E-state index contributed by atoms with van der Waals surface area (Å²) in [6.07, 6.45) is 3.64. The van der Waals surface area contributed by atoms with E-state index in [-0.39, 0.29) is 0 Å². The molecule has 0 radical (unpaired) electrons. The summed E-state index contributed by atoms with van der Waals surface area (Å²) in [5.41, 5.74) is 0.738. The van der Waals surface area contributed by atoms with Gasteiger partial charge in [-0.1, -0.05) is 43.2 Å². The summed E-state index contributed by atoms with van der Waals surface area (Å²) in [5.74, 6) is 0.650. The van der Waals surface area contributed by atoms with Crippen LogP contribution in [0, 0.1) is 5.92 Å². The van der Waals surface area contributed by atoms with Crippen molar-refractivity contribution in [3.8, 4) is 0 Å². The van der Waals surface area contributed by atoms with Crippen molar-refractivity contribution in [2.75, 3.05) is 0 Å². The van der Waals surface area contributed by atoms with Gasteiger partial charge in [-0.25, -0.2) is 15.0 Å². The first-order chi connectivity index (χ1) is 7.20. The summed E-state index contributed by atoms with van der Waals surface area (Å²) in [6.45, 7) is 4.41. The summed E-state index contributed by atoms with van der Waals surface area (Å²) in [5, 5.41) is 1.55. The third-order valence-electron chi connectivity index (χ3n) is 2.42. The molecule has 0 bridgehead atoms. The van der Waals surface area contributed by atoms with Gasteiger partial charge in [0.2, 0.25) is 0 Å². The highest BCUT2D eigenvalue weighted by Crippen LogP contribution is 2.26. The Kier molecular flexibility index (Phi) is 3.17. The van der Waals surface area contributed by atoms with Crippen LogP contribution in [0.15, 0.2) is 6.33 Å². The van der Waals surface area contributed by atoms with E-state index in [1.165, 1.54) is 6.33 Å². The monoisotopic (exact) mass is 241 g/mol. The molecule has 1 atom stereocenters. The Balaban J connectivity index is 2.35. The highest BCUT2D eigenvalue weighted by molar-refractivity contribution is 7.18. The molecule has 0 aliphatic heterocycles. The Hall–Kier alpha value is -0.740. The van der Waals surface area contributed by atoms with Gasteiger partial charge in [-0.2, -0.15) is 0 Å². The molecule has 0 N–H and O–H groups in total. The largest absolute Gasteiger partial charge is 0.236 e. The van der Waals surface area contributed by atoms with Crippen molar-refractivity contribution < 1.29 is 0 Å². The Bertz CT molecular complexity index is 469. The van der Waals surface area contributed by atoms with Crippen molar-refractivity contribution in [1.82, 2.24) is 15.0 Å². The van der Waals surface area contributed by atoms with Gasteiger partial charge in [0.25, 0.3) is 0 Å². The summed E-state index contributed by atoms with van der Waals surface area (Å²) in [4.78, 5) is 13.4. The van der Waals surface area contributed by atoms with Crippen LogP contribution in [0.25, 0.3) is 10.3 Å². The van der Waals surface area contributed by atoms with E-state index in [1.807, 2.05) is 0 Å². The normalized spacial score (nSPS) is 13.3. The topological polar surface area (TPSA) is 38.7 Å². The van der Waals surface area contributed by atoms with Crippen molar-refractivity contribution in [1.29, 1.82) is 0 Å². The lowest BCUT2D eigenvalue weighted by atomic mass is 10.1. The number of thiazole rings is 1. The lowest BCUT2D eigenvalue weighted by Gasteiger charge is -2.03. The van der Waals surface area contributed by atoms with Gasteiger partial charge in [0.05, 0.1) is 5.01 Å². The number of fused-ring (bicyclic) bond motifs is 1. The van der Waals surface area contributed by atoms with E-state index in [0.29, 0.717) is 11.1 Å². The van der Waals surface area contributed by atoms with Crippen molar-refractivity contribution in [3.63, 3.8) is 0 Å². The number of nitrogens with zero attached hydrogens (tertiary/aromatic N) is 3. The third-order valence-corrected chi connectivity index (χ3v) is 3.68. The van der Waals surface area contributed by atoms with Crippen LogP contribution in [-0.4, -0.2) is 15.0 Å². The van der Waals surface area contributed by atoms with Gasteiger partial charge in [-0.15, -0.1) is 0 Å². The molecule has 2 aromatic rings. The van der Waals surface area contributed by atoms with Gasteiger partial charge in [-0.3, -0.25) is 0 Å². The molecule has 0 saturated heterocycles. The van der Waals surface area contributed by atoms with Crippen LogP contribution in [0.3, 0.4) is 0 Å². The van der Waals surface area contributed by atoms with E-state index in [9.17, 15) is 0 Å². The molecule has 5 heteroatoms. The maximum Gasteiger partial charge on any atom is 0.159 e. The van der Waals surface area contributed by atoms with E-state index in [4.69, 9.17) is 11.6 Å². The van der Waals surface area contributed by atoms with Crippen LogP contribution < -0.4 is 0 Å². The molecule has 0 aliphatic rings. The molecular weight excluding hydrogens is 230 g/mol. The Morgan fingerprint density at radius 2 is 2.27 bits per heavy atom. The molecule has 80 valence electrons. The first-order valence-electron chi connectivity index (χ1n) is 4.96. The number of halogens is 1. The maximum atomic E-state index is 5.93. The van der Waals surface area contributed by atoms with Gasteiger partial charge in [0.15, 0.2) is 5.15 Å². The molecule has 1 unspecified atom stereocenters. The Morgan fingerprint density at radius 1 is 1.47 bits per heavy atom. The quantitative estimate of drug-likeness (QED) is 0.774. The van der Waals surface area contributed by atoms with Crippen LogP contribution in [0.4, 0.5) is 0 Å².